The Hall–Kier alpha value is -0.0800. The fourth-order valence-corrected chi connectivity index (χ4v) is 2.50. The van der Waals surface area contributed by atoms with Gasteiger partial charge in [-0.2, -0.15) is 0 Å². The van der Waals surface area contributed by atoms with Crippen LogP contribution in [0.1, 0.15) is 46.0 Å². The summed E-state index contributed by atoms with van der Waals surface area (Å²) >= 11 is 0. The molecule has 0 spiro atoms. The first-order chi connectivity index (χ1) is 6.59. The molecule has 2 N–H and O–H groups in total. The van der Waals surface area contributed by atoms with Crippen molar-refractivity contribution in [1.82, 2.24) is 4.90 Å². The first kappa shape index (κ1) is 12.0. The van der Waals surface area contributed by atoms with Crippen LogP contribution in [0.4, 0.5) is 0 Å². The Labute approximate surface area is 88.8 Å². The van der Waals surface area contributed by atoms with Gasteiger partial charge in [-0.25, -0.2) is 0 Å². The van der Waals surface area contributed by atoms with Gasteiger partial charge in [-0.1, -0.05) is 12.8 Å². The summed E-state index contributed by atoms with van der Waals surface area (Å²) in [5, 5.41) is 0. The van der Waals surface area contributed by atoms with Gasteiger partial charge in [0.1, 0.15) is 0 Å². The maximum absolute atomic E-state index is 5.81. The summed E-state index contributed by atoms with van der Waals surface area (Å²) in [6, 6.07) is 0.964. The minimum atomic E-state index is 0.330. The minimum Gasteiger partial charge on any atom is -0.328 e. The van der Waals surface area contributed by atoms with E-state index in [9.17, 15) is 0 Å². The van der Waals surface area contributed by atoms with Crippen molar-refractivity contribution in [2.45, 2.75) is 58.0 Å². The summed E-state index contributed by atoms with van der Waals surface area (Å²) in [6.45, 7) is 5.66. The van der Waals surface area contributed by atoms with E-state index in [0.717, 1.165) is 12.3 Å². The molecular weight excluding hydrogens is 172 g/mol. The van der Waals surface area contributed by atoms with Gasteiger partial charge in [-0.05, 0) is 46.1 Å². The molecule has 2 unspecified atom stereocenters. The van der Waals surface area contributed by atoms with E-state index in [0.29, 0.717) is 12.1 Å². The number of nitrogens with two attached hydrogens (primary N) is 1. The zero-order valence-electron chi connectivity index (χ0n) is 10.00. The molecule has 0 aromatic rings. The molecule has 1 aliphatic carbocycles. The molecule has 2 heteroatoms. The van der Waals surface area contributed by atoms with Crippen molar-refractivity contribution in [3.63, 3.8) is 0 Å². The lowest BCUT2D eigenvalue weighted by Gasteiger charge is -2.28. The topological polar surface area (TPSA) is 29.3 Å². The molecule has 1 fully saturated rings. The quantitative estimate of drug-likeness (QED) is 0.734. The Morgan fingerprint density at radius 3 is 2.36 bits per heavy atom. The third-order valence-corrected chi connectivity index (χ3v) is 3.49. The standard InChI is InChI=1S/C12H26N2/c1-10(13)8-11(2)14(3)9-12-6-4-5-7-12/h10-12H,4-9,13H2,1-3H3. The molecule has 0 radical (unpaired) electrons. The van der Waals surface area contributed by atoms with Gasteiger partial charge in [0.15, 0.2) is 0 Å². The average molecular weight is 198 g/mol. The van der Waals surface area contributed by atoms with Crippen molar-refractivity contribution in [1.29, 1.82) is 0 Å². The van der Waals surface area contributed by atoms with Crippen LogP contribution < -0.4 is 5.73 Å². The molecule has 0 aliphatic heterocycles. The van der Waals surface area contributed by atoms with Crippen LogP contribution in [-0.4, -0.2) is 30.6 Å². The predicted octanol–water partition coefficient (Wildman–Crippen LogP) is 2.23. The SMILES string of the molecule is CC(N)CC(C)N(C)CC1CCCC1. The average Bonchev–Trinajstić information content (AvgIpc) is 2.55. The fraction of sp³-hybridized carbons (Fsp3) is 1.00. The number of hydrogen-bond acceptors (Lipinski definition) is 2. The van der Waals surface area contributed by atoms with Gasteiger partial charge < -0.3 is 10.6 Å². The van der Waals surface area contributed by atoms with Gasteiger partial charge in [0.05, 0.1) is 0 Å². The second kappa shape index (κ2) is 5.72. The van der Waals surface area contributed by atoms with Gasteiger partial charge in [0.25, 0.3) is 0 Å². The fourth-order valence-electron chi connectivity index (χ4n) is 2.50. The van der Waals surface area contributed by atoms with E-state index in [1.807, 2.05) is 0 Å². The highest BCUT2D eigenvalue weighted by Gasteiger charge is 2.19. The Bertz CT molecular complexity index is 150. The zero-order chi connectivity index (χ0) is 10.6. The van der Waals surface area contributed by atoms with Crippen LogP contribution in [0.15, 0.2) is 0 Å². The lowest BCUT2D eigenvalue weighted by atomic mass is 10.0. The van der Waals surface area contributed by atoms with E-state index in [2.05, 4.69) is 25.8 Å². The largest absolute Gasteiger partial charge is 0.328 e. The highest BCUT2D eigenvalue weighted by atomic mass is 15.1. The van der Waals surface area contributed by atoms with Crippen molar-refractivity contribution in [3.8, 4) is 0 Å². The maximum atomic E-state index is 5.81. The molecule has 84 valence electrons. The van der Waals surface area contributed by atoms with E-state index in [1.165, 1.54) is 32.2 Å². The number of nitrogens with zero attached hydrogens (tertiary/aromatic N) is 1. The Morgan fingerprint density at radius 1 is 1.29 bits per heavy atom. The van der Waals surface area contributed by atoms with Crippen LogP contribution in [0.25, 0.3) is 0 Å². The Balaban J connectivity index is 2.21. The van der Waals surface area contributed by atoms with Crippen molar-refractivity contribution in [2.24, 2.45) is 11.7 Å². The smallest absolute Gasteiger partial charge is 0.00786 e. The van der Waals surface area contributed by atoms with Crippen LogP contribution in [0, 0.1) is 5.92 Å². The number of hydrogen-bond donors (Lipinski definition) is 1. The molecule has 0 saturated heterocycles. The maximum Gasteiger partial charge on any atom is 0.00786 e. The van der Waals surface area contributed by atoms with Gasteiger partial charge in [0.2, 0.25) is 0 Å². The first-order valence-electron chi connectivity index (χ1n) is 6.05. The normalized spacial score (nSPS) is 22.9. The molecule has 1 rings (SSSR count). The molecule has 0 aromatic carbocycles. The molecule has 0 heterocycles. The second-order valence-electron chi connectivity index (χ2n) is 5.15. The van der Waals surface area contributed by atoms with Gasteiger partial charge in [0, 0.05) is 18.6 Å². The van der Waals surface area contributed by atoms with E-state index < -0.39 is 0 Å². The summed E-state index contributed by atoms with van der Waals surface area (Å²) in [5.41, 5.74) is 5.81. The van der Waals surface area contributed by atoms with E-state index >= 15 is 0 Å². The highest BCUT2D eigenvalue weighted by Crippen LogP contribution is 2.25. The van der Waals surface area contributed by atoms with Crippen LogP contribution >= 0.6 is 0 Å². The third kappa shape index (κ3) is 3.97. The first-order valence-corrected chi connectivity index (χ1v) is 6.05. The lowest BCUT2D eigenvalue weighted by Crippen LogP contribution is -2.36. The van der Waals surface area contributed by atoms with Crippen molar-refractivity contribution < 1.29 is 0 Å². The van der Waals surface area contributed by atoms with Gasteiger partial charge >= 0.3 is 0 Å². The lowest BCUT2D eigenvalue weighted by molar-refractivity contribution is 0.204. The zero-order valence-corrected chi connectivity index (χ0v) is 10.00. The molecule has 2 atom stereocenters. The van der Waals surface area contributed by atoms with Gasteiger partial charge in [-0.15, -0.1) is 0 Å². The minimum absolute atomic E-state index is 0.330. The molecule has 2 nitrogen and oxygen atoms in total. The summed E-state index contributed by atoms with van der Waals surface area (Å²) in [4.78, 5) is 2.49. The molecular formula is C12H26N2. The van der Waals surface area contributed by atoms with E-state index in [1.54, 1.807) is 0 Å². The van der Waals surface area contributed by atoms with Crippen molar-refractivity contribution >= 4 is 0 Å². The van der Waals surface area contributed by atoms with Crippen molar-refractivity contribution in [2.75, 3.05) is 13.6 Å². The molecule has 0 amide bonds. The molecule has 1 saturated carbocycles. The van der Waals surface area contributed by atoms with Gasteiger partial charge in [-0.3, -0.25) is 0 Å². The molecule has 1 aliphatic rings. The van der Waals surface area contributed by atoms with Crippen LogP contribution in [0.5, 0.6) is 0 Å². The summed E-state index contributed by atoms with van der Waals surface area (Å²) in [7, 11) is 2.24. The summed E-state index contributed by atoms with van der Waals surface area (Å²) in [5.74, 6) is 0.954. The predicted molar refractivity (Wildman–Crippen MR) is 62.3 cm³/mol. The highest BCUT2D eigenvalue weighted by molar-refractivity contribution is 4.74. The van der Waals surface area contributed by atoms with Crippen molar-refractivity contribution in [3.05, 3.63) is 0 Å². The van der Waals surface area contributed by atoms with E-state index in [4.69, 9.17) is 5.73 Å². The second-order valence-corrected chi connectivity index (χ2v) is 5.15. The Kier molecular flexibility index (Phi) is 4.90. The van der Waals surface area contributed by atoms with Crippen LogP contribution in [0.3, 0.4) is 0 Å². The van der Waals surface area contributed by atoms with Crippen LogP contribution in [-0.2, 0) is 0 Å². The molecule has 14 heavy (non-hydrogen) atoms. The number of rotatable bonds is 5. The molecule has 0 aromatic heterocycles. The monoisotopic (exact) mass is 198 g/mol. The third-order valence-electron chi connectivity index (χ3n) is 3.49. The molecule has 0 bridgehead atoms. The van der Waals surface area contributed by atoms with Crippen LogP contribution in [0.2, 0.25) is 0 Å². The Morgan fingerprint density at radius 2 is 1.86 bits per heavy atom. The summed E-state index contributed by atoms with van der Waals surface area (Å²) in [6.07, 6.45) is 6.88. The summed E-state index contributed by atoms with van der Waals surface area (Å²) < 4.78 is 0. The van der Waals surface area contributed by atoms with E-state index in [-0.39, 0.29) is 0 Å².